The number of para-hydroxylation sites is 2. The van der Waals surface area contributed by atoms with E-state index in [1.54, 1.807) is 0 Å². The third-order valence-electron chi connectivity index (χ3n) is 10.6. The Bertz CT molecular complexity index is 2780. The Labute approximate surface area is 292 Å². The zero-order chi connectivity index (χ0) is 33.4. The quantitative estimate of drug-likeness (QED) is 0.177. The lowest BCUT2D eigenvalue weighted by Crippen LogP contribution is -2.49. The molecule has 1 aliphatic rings. The first-order valence-corrected chi connectivity index (χ1v) is 20.3. The number of nitrogens with zero attached hydrogens (tertiary/aromatic N) is 3. The summed E-state index contributed by atoms with van der Waals surface area (Å²) in [4.78, 5) is 10.8. The summed E-state index contributed by atoms with van der Waals surface area (Å²) in [7, 11) is -1.86. The summed E-state index contributed by atoms with van der Waals surface area (Å²) < 4.78 is 2.37. The van der Waals surface area contributed by atoms with Crippen molar-refractivity contribution in [3.63, 3.8) is 0 Å². The van der Waals surface area contributed by atoms with Gasteiger partial charge in [0.1, 0.15) is 8.07 Å². The third kappa shape index (κ3) is 4.22. The summed E-state index contributed by atoms with van der Waals surface area (Å²) in [6, 6.07) is 58.9. The highest BCUT2D eigenvalue weighted by molar-refractivity contribution is 7.04. The Morgan fingerprint density at radius 2 is 1.14 bits per heavy atom. The molecule has 2 aromatic heterocycles. The summed E-state index contributed by atoms with van der Waals surface area (Å²) >= 11 is 0. The summed E-state index contributed by atoms with van der Waals surface area (Å²) in [5.41, 5.74) is 12.6. The van der Waals surface area contributed by atoms with Gasteiger partial charge in [-0.25, -0.2) is 9.97 Å². The van der Waals surface area contributed by atoms with E-state index in [4.69, 9.17) is 9.97 Å². The minimum absolute atomic E-state index is 0.736. The van der Waals surface area contributed by atoms with Crippen LogP contribution in [-0.2, 0) is 0 Å². The third-order valence-corrected chi connectivity index (χ3v) is 14.1. The van der Waals surface area contributed by atoms with E-state index in [1.807, 2.05) is 0 Å². The average Bonchev–Trinajstić information content (AvgIpc) is 3.64. The van der Waals surface area contributed by atoms with E-state index >= 15 is 0 Å². The molecule has 0 saturated heterocycles. The van der Waals surface area contributed by atoms with Gasteiger partial charge in [-0.05, 0) is 69.0 Å². The Morgan fingerprint density at radius 3 is 2.00 bits per heavy atom. The maximum absolute atomic E-state index is 5.43. The van der Waals surface area contributed by atoms with Crippen LogP contribution in [0.5, 0.6) is 0 Å². The molecule has 0 saturated carbocycles. The van der Waals surface area contributed by atoms with Gasteiger partial charge in [-0.2, -0.15) is 0 Å². The fourth-order valence-electron chi connectivity index (χ4n) is 8.29. The molecule has 0 aliphatic carbocycles. The van der Waals surface area contributed by atoms with E-state index in [0.717, 1.165) is 44.8 Å². The predicted octanol–water partition coefficient (Wildman–Crippen LogP) is 10.5. The number of rotatable bonds is 4. The molecule has 236 valence electrons. The van der Waals surface area contributed by atoms with Gasteiger partial charge in [0.25, 0.3) is 0 Å². The van der Waals surface area contributed by atoms with Crippen LogP contribution in [0.25, 0.3) is 83.3 Å². The molecule has 50 heavy (non-hydrogen) atoms. The first-order valence-electron chi connectivity index (χ1n) is 17.3. The fraction of sp³-hybridized carbons (Fsp3) is 0.0435. The molecule has 0 bridgehead atoms. The zero-order valence-corrected chi connectivity index (χ0v) is 28.9. The second-order valence-electron chi connectivity index (χ2n) is 13.8. The van der Waals surface area contributed by atoms with Gasteiger partial charge in [-0.15, -0.1) is 0 Å². The van der Waals surface area contributed by atoms with Crippen LogP contribution in [0.15, 0.2) is 164 Å². The molecule has 7 aromatic carbocycles. The molecule has 0 radical (unpaired) electrons. The van der Waals surface area contributed by atoms with Crippen LogP contribution in [0.4, 0.5) is 0 Å². The van der Waals surface area contributed by atoms with Gasteiger partial charge < -0.3 is 4.57 Å². The minimum atomic E-state index is -1.86. The molecule has 0 fully saturated rings. The number of benzene rings is 7. The molecule has 0 unspecified atom stereocenters. The Kier molecular flexibility index (Phi) is 6.33. The van der Waals surface area contributed by atoms with Crippen LogP contribution in [0.1, 0.15) is 0 Å². The topological polar surface area (TPSA) is 30.7 Å². The largest absolute Gasteiger partial charge is 0.309 e. The first-order chi connectivity index (χ1) is 24.6. The Hall–Kier alpha value is -6.10. The maximum atomic E-state index is 5.43. The van der Waals surface area contributed by atoms with Gasteiger partial charge in [-0.1, -0.05) is 140 Å². The van der Waals surface area contributed by atoms with Crippen molar-refractivity contribution in [1.82, 2.24) is 14.5 Å². The second-order valence-corrected chi connectivity index (χ2v) is 18.1. The maximum Gasteiger partial charge on any atom is 0.160 e. The van der Waals surface area contributed by atoms with Gasteiger partial charge in [0.15, 0.2) is 5.82 Å². The highest BCUT2D eigenvalue weighted by atomic mass is 28.3. The Balaban J connectivity index is 1.20. The smallest absolute Gasteiger partial charge is 0.160 e. The van der Waals surface area contributed by atoms with Gasteiger partial charge >= 0.3 is 0 Å². The number of fused-ring (bicyclic) bond motifs is 8. The van der Waals surface area contributed by atoms with Crippen molar-refractivity contribution in [3.05, 3.63) is 164 Å². The lowest BCUT2D eigenvalue weighted by atomic mass is 9.96. The van der Waals surface area contributed by atoms with Crippen LogP contribution in [0.2, 0.25) is 13.1 Å². The first kappa shape index (κ1) is 28.9. The number of hydrogen-bond donors (Lipinski definition) is 0. The standard InChI is InChI=1S/C46H33N3Si/c1-50(2)40-26-12-10-22-36(40)43-41(50)28-27-37-44(43)45(30-15-5-3-6-16-30)48-46(47-37)32-18-13-17-31(29-32)34-23-14-25-39-42(34)35-21-9-11-24-38(35)49(39)33-19-7-4-8-20-33/h3-29H,1-2H3. The van der Waals surface area contributed by atoms with Crippen molar-refractivity contribution in [1.29, 1.82) is 0 Å². The molecular formula is C46H33N3Si. The van der Waals surface area contributed by atoms with E-state index in [-0.39, 0.29) is 0 Å². The van der Waals surface area contributed by atoms with Crippen molar-refractivity contribution >= 4 is 51.2 Å². The van der Waals surface area contributed by atoms with Crippen molar-refractivity contribution in [3.8, 4) is 50.6 Å². The zero-order valence-electron chi connectivity index (χ0n) is 27.9. The van der Waals surface area contributed by atoms with Gasteiger partial charge in [-0.3, -0.25) is 0 Å². The average molecular weight is 656 g/mol. The van der Waals surface area contributed by atoms with Crippen LogP contribution in [-0.4, -0.2) is 22.6 Å². The van der Waals surface area contributed by atoms with Crippen molar-refractivity contribution < 1.29 is 0 Å². The molecule has 3 nitrogen and oxygen atoms in total. The lowest BCUT2D eigenvalue weighted by molar-refractivity contribution is 1.18. The SMILES string of the molecule is C[Si]1(C)c2ccccc2-c2c1ccc1nc(-c3cccc(-c4cccc5c4c4ccccc4n5-c4ccccc4)c3)nc(-c3ccccc3)c21. The van der Waals surface area contributed by atoms with Crippen LogP contribution in [0.3, 0.4) is 0 Å². The van der Waals surface area contributed by atoms with Gasteiger partial charge in [0.05, 0.1) is 22.2 Å². The summed E-state index contributed by atoms with van der Waals surface area (Å²) in [5, 5.41) is 6.58. The normalized spacial score (nSPS) is 13.2. The van der Waals surface area contributed by atoms with Gasteiger partial charge in [0.2, 0.25) is 0 Å². The van der Waals surface area contributed by atoms with Crippen LogP contribution < -0.4 is 10.4 Å². The molecule has 4 heteroatoms. The van der Waals surface area contributed by atoms with Crippen molar-refractivity contribution in [2.75, 3.05) is 0 Å². The van der Waals surface area contributed by atoms with Crippen molar-refractivity contribution in [2.45, 2.75) is 13.1 Å². The van der Waals surface area contributed by atoms with E-state index < -0.39 is 8.07 Å². The Morgan fingerprint density at radius 1 is 0.480 bits per heavy atom. The van der Waals surface area contributed by atoms with E-state index in [0.29, 0.717) is 0 Å². The van der Waals surface area contributed by atoms with Gasteiger partial charge in [0, 0.05) is 33.0 Å². The lowest BCUT2D eigenvalue weighted by Gasteiger charge is -2.19. The van der Waals surface area contributed by atoms with Crippen LogP contribution >= 0.6 is 0 Å². The predicted molar refractivity (Wildman–Crippen MR) is 212 cm³/mol. The van der Waals surface area contributed by atoms with E-state index in [9.17, 15) is 0 Å². The molecule has 10 rings (SSSR count). The summed E-state index contributed by atoms with van der Waals surface area (Å²) in [6.45, 7) is 4.93. The van der Waals surface area contributed by atoms with E-state index in [2.05, 4.69) is 181 Å². The molecule has 0 spiro atoms. The monoisotopic (exact) mass is 655 g/mol. The minimum Gasteiger partial charge on any atom is -0.309 e. The molecule has 1 aliphatic heterocycles. The molecule has 0 amide bonds. The fourth-order valence-corrected chi connectivity index (χ4v) is 11.4. The molecule has 9 aromatic rings. The molecular weight excluding hydrogens is 623 g/mol. The number of hydrogen-bond acceptors (Lipinski definition) is 2. The number of aromatic nitrogens is 3. The highest BCUT2D eigenvalue weighted by Crippen LogP contribution is 2.41. The summed E-state index contributed by atoms with van der Waals surface area (Å²) in [5.74, 6) is 0.736. The molecule has 0 atom stereocenters. The second kappa shape index (κ2) is 11.0. The van der Waals surface area contributed by atoms with Crippen LogP contribution in [0, 0.1) is 0 Å². The van der Waals surface area contributed by atoms with Crippen molar-refractivity contribution in [2.24, 2.45) is 0 Å². The highest BCUT2D eigenvalue weighted by Gasteiger charge is 2.39. The molecule has 0 N–H and O–H groups in total. The van der Waals surface area contributed by atoms with E-state index in [1.165, 1.54) is 48.9 Å². The molecule has 3 heterocycles. The summed E-state index contributed by atoms with van der Waals surface area (Å²) in [6.07, 6.45) is 0.